The van der Waals surface area contributed by atoms with Gasteiger partial charge in [-0.1, -0.05) is 65.9 Å². The largest absolute Gasteiger partial charge is 0.494 e. The molecule has 0 aliphatic carbocycles. The highest BCUT2D eigenvalue weighted by atomic mass is 35.5. The van der Waals surface area contributed by atoms with E-state index in [1.54, 1.807) is 4.90 Å². The Morgan fingerprint density at radius 3 is 2.53 bits per heavy atom. The molecule has 1 amide bonds. The van der Waals surface area contributed by atoms with Crippen molar-refractivity contribution >= 4 is 57.6 Å². The molecule has 4 nitrogen and oxygen atoms in total. The molecule has 4 rings (SSSR count). The number of thiocarbonyl (C=S) groups is 1. The van der Waals surface area contributed by atoms with Gasteiger partial charge in [0.2, 0.25) is 0 Å². The fourth-order valence-electron chi connectivity index (χ4n) is 3.17. The van der Waals surface area contributed by atoms with Crippen LogP contribution in [0.1, 0.15) is 18.1 Å². The molecule has 7 heteroatoms. The molecule has 1 fully saturated rings. The number of anilines is 1. The van der Waals surface area contributed by atoms with Gasteiger partial charge in [0, 0.05) is 10.6 Å². The average Bonchev–Trinajstić information content (AvgIpc) is 3.07. The predicted octanol–water partition coefficient (Wildman–Crippen LogP) is 6.72. The van der Waals surface area contributed by atoms with Crippen molar-refractivity contribution in [2.24, 2.45) is 0 Å². The minimum atomic E-state index is -0.147. The lowest BCUT2D eigenvalue weighted by Crippen LogP contribution is -2.27. The highest BCUT2D eigenvalue weighted by molar-refractivity contribution is 8.27. The van der Waals surface area contributed by atoms with Gasteiger partial charge in [0.1, 0.15) is 18.1 Å². The van der Waals surface area contributed by atoms with Gasteiger partial charge in [0.15, 0.2) is 4.32 Å². The zero-order valence-electron chi connectivity index (χ0n) is 17.3. The van der Waals surface area contributed by atoms with Crippen molar-refractivity contribution in [1.29, 1.82) is 0 Å². The van der Waals surface area contributed by atoms with E-state index in [0.717, 1.165) is 22.6 Å². The number of hydrogen-bond donors (Lipinski definition) is 0. The summed E-state index contributed by atoms with van der Waals surface area (Å²) in [6, 6.07) is 22.5. The average molecular weight is 482 g/mol. The Kier molecular flexibility index (Phi) is 7.15. The molecule has 0 bridgehead atoms. The smallest absolute Gasteiger partial charge is 0.270 e. The molecule has 1 aliphatic heterocycles. The zero-order chi connectivity index (χ0) is 22.5. The number of rotatable bonds is 7. The first-order chi connectivity index (χ1) is 15.5. The maximum atomic E-state index is 13.0. The monoisotopic (exact) mass is 481 g/mol. The van der Waals surface area contributed by atoms with Crippen LogP contribution in [0.2, 0.25) is 5.02 Å². The summed E-state index contributed by atoms with van der Waals surface area (Å²) in [6.45, 7) is 2.88. The molecule has 1 saturated heterocycles. The van der Waals surface area contributed by atoms with Crippen LogP contribution >= 0.6 is 35.6 Å². The Bertz CT molecular complexity index is 1180. The third-order valence-electron chi connectivity index (χ3n) is 4.71. The van der Waals surface area contributed by atoms with Crippen molar-refractivity contribution < 1.29 is 14.3 Å². The first-order valence-corrected chi connectivity index (χ1v) is 11.6. The van der Waals surface area contributed by atoms with Crippen LogP contribution in [0.3, 0.4) is 0 Å². The molecule has 1 aliphatic rings. The molecule has 0 radical (unpaired) electrons. The van der Waals surface area contributed by atoms with Crippen LogP contribution in [0.25, 0.3) is 6.08 Å². The molecular formula is C25H20ClNO3S2. The van der Waals surface area contributed by atoms with Crippen molar-refractivity contribution in [2.45, 2.75) is 13.5 Å². The quantitative estimate of drug-likeness (QED) is 0.276. The summed E-state index contributed by atoms with van der Waals surface area (Å²) in [4.78, 5) is 15.1. The van der Waals surface area contributed by atoms with E-state index in [4.69, 9.17) is 33.3 Å². The fourth-order valence-corrected chi connectivity index (χ4v) is 4.66. The van der Waals surface area contributed by atoms with Crippen molar-refractivity contribution in [2.75, 3.05) is 11.5 Å². The summed E-state index contributed by atoms with van der Waals surface area (Å²) in [6.07, 6.45) is 1.83. The van der Waals surface area contributed by atoms with Crippen LogP contribution in [0.4, 0.5) is 5.69 Å². The Morgan fingerprint density at radius 1 is 1.00 bits per heavy atom. The topological polar surface area (TPSA) is 38.8 Å². The van der Waals surface area contributed by atoms with E-state index in [0.29, 0.717) is 33.2 Å². The fraction of sp³-hybridized carbons (Fsp3) is 0.120. The van der Waals surface area contributed by atoms with Crippen molar-refractivity contribution in [3.8, 4) is 11.5 Å². The summed E-state index contributed by atoms with van der Waals surface area (Å²) in [7, 11) is 0. The molecular weight excluding hydrogens is 462 g/mol. The Labute approximate surface area is 201 Å². The van der Waals surface area contributed by atoms with Gasteiger partial charge in [0.25, 0.3) is 5.91 Å². The molecule has 0 spiro atoms. The van der Waals surface area contributed by atoms with Gasteiger partial charge in [0.05, 0.1) is 17.2 Å². The van der Waals surface area contributed by atoms with Gasteiger partial charge in [-0.05, 0) is 61.0 Å². The van der Waals surface area contributed by atoms with Gasteiger partial charge < -0.3 is 9.47 Å². The van der Waals surface area contributed by atoms with Crippen LogP contribution in [0.15, 0.2) is 77.7 Å². The number of benzene rings is 3. The first-order valence-electron chi connectivity index (χ1n) is 10.0. The summed E-state index contributed by atoms with van der Waals surface area (Å²) >= 11 is 13.0. The number of ether oxygens (including phenoxy) is 2. The Hall–Kier alpha value is -2.80. The minimum absolute atomic E-state index is 0.147. The van der Waals surface area contributed by atoms with E-state index in [9.17, 15) is 4.79 Å². The zero-order valence-corrected chi connectivity index (χ0v) is 19.7. The van der Waals surface area contributed by atoms with E-state index in [1.807, 2.05) is 85.8 Å². The summed E-state index contributed by atoms with van der Waals surface area (Å²) in [5.41, 5.74) is 2.49. The number of nitrogens with zero attached hydrogens (tertiary/aromatic N) is 1. The lowest BCUT2D eigenvalue weighted by molar-refractivity contribution is -0.113. The lowest BCUT2D eigenvalue weighted by atomic mass is 10.2. The second-order valence-corrected chi connectivity index (χ2v) is 8.98. The van der Waals surface area contributed by atoms with Crippen molar-refractivity contribution in [1.82, 2.24) is 0 Å². The van der Waals surface area contributed by atoms with Gasteiger partial charge >= 0.3 is 0 Å². The molecule has 0 aromatic heterocycles. The Balaban J connectivity index is 1.49. The highest BCUT2D eigenvalue weighted by Crippen LogP contribution is 2.36. The third kappa shape index (κ3) is 5.15. The van der Waals surface area contributed by atoms with E-state index < -0.39 is 0 Å². The van der Waals surface area contributed by atoms with Crippen LogP contribution in [0.5, 0.6) is 11.5 Å². The van der Waals surface area contributed by atoms with Gasteiger partial charge in [-0.15, -0.1) is 0 Å². The normalized spacial score (nSPS) is 14.8. The highest BCUT2D eigenvalue weighted by Gasteiger charge is 2.33. The maximum Gasteiger partial charge on any atom is 0.270 e. The van der Waals surface area contributed by atoms with E-state index in [-0.39, 0.29) is 5.91 Å². The third-order valence-corrected chi connectivity index (χ3v) is 6.38. The minimum Gasteiger partial charge on any atom is -0.494 e. The molecule has 3 aromatic rings. The predicted molar refractivity (Wildman–Crippen MR) is 135 cm³/mol. The van der Waals surface area contributed by atoms with Crippen LogP contribution in [0, 0.1) is 0 Å². The SMILES string of the molecule is CCOc1ccc(N2C(=O)/C(=C\c3cccc(OCc4ccccc4Cl)c3)SC2=S)cc1. The van der Waals surface area contributed by atoms with Crippen LogP contribution < -0.4 is 14.4 Å². The second kappa shape index (κ2) is 10.2. The molecule has 162 valence electrons. The molecule has 0 unspecified atom stereocenters. The number of halogens is 1. The van der Waals surface area contributed by atoms with Gasteiger partial charge in [-0.25, -0.2) is 0 Å². The standard InChI is InChI=1S/C25H20ClNO3S2/c1-2-29-20-12-10-19(11-13-20)27-24(28)23(32-25(27)31)15-17-6-5-8-21(14-17)30-16-18-7-3-4-9-22(18)26/h3-15H,2,16H2,1H3/b23-15+. The summed E-state index contributed by atoms with van der Waals surface area (Å²) < 4.78 is 11.9. The van der Waals surface area contributed by atoms with Crippen molar-refractivity contribution in [3.05, 3.63) is 93.9 Å². The van der Waals surface area contributed by atoms with E-state index >= 15 is 0 Å². The first kappa shape index (κ1) is 22.4. The number of carbonyl (C=O) groups excluding carboxylic acids is 1. The van der Waals surface area contributed by atoms with Crippen molar-refractivity contribution in [3.63, 3.8) is 0 Å². The molecule has 0 atom stereocenters. The molecule has 0 N–H and O–H groups in total. The number of carbonyl (C=O) groups is 1. The van der Waals surface area contributed by atoms with Crippen LogP contribution in [-0.4, -0.2) is 16.8 Å². The summed E-state index contributed by atoms with van der Waals surface area (Å²) in [5.74, 6) is 1.30. The van der Waals surface area contributed by atoms with Crippen LogP contribution in [-0.2, 0) is 11.4 Å². The number of thioether (sulfide) groups is 1. The number of amides is 1. The lowest BCUT2D eigenvalue weighted by Gasteiger charge is -2.15. The number of hydrogen-bond acceptors (Lipinski definition) is 5. The molecule has 0 saturated carbocycles. The second-order valence-electron chi connectivity index (χ2n) is 6.90. The maximum absolute atomic E-state index is 13.0. The molecule has 32 heavy (non-hydrogen) atoms. The molecule has 3 aromatic carbocycles. The van der Waals surface area contributed by atoms with Gasteiger partial charge in [-0.2, -0.15) is 0 Å². The van der Waals surface area contributed by atoms with Gasteiger partial charge in [-0.3, -0.25) is 9.69 Å². The molecule has 1 heterocycles. The summed E-state index contributed by atoms with van der Waals surface area (Å²) in [5, 5.41) is 0.668. The van der Waals surface area contributed by atoms with E-state index in [1.165, 1.54) is 11.8 Å². The Morgan fingerprint density at radius 2 is 1.78 bits per heavy atom. The van der Waals surface area contributed by atoms with E-state index in [2.05, 4.69) is 0 Å².